The lowest BCUT2D eigenvalue weighted by Crippen LogP contribution is -2.17. The van der Waals surface area contributed by atoms with Crippen LogP contribution in [0.1, 0.15) is 44.2 Å². The number of hydrogen-bond donors (Lipinski definition) is 1. The third-order valence-corrected chi connectivity index (χ3v) is 3.42. The van der Waals surface area contributed by atoms with E-state index in [9.17, 15) is 0 Å². The van der Waals surface area contributed by atoms with E-state index in [-0.39, 0.29) is 0 Å². The highest BCUT2D eigenvalue weighted by Crippen LogP contribution is 2.34. The van der Waals surface area contributed by atoms with Gasteiger partial charge in [0.05, 0.1) is 12.2 Å². The van der Waals surface area contributed by atoms with Gasteiger partial charge in [-0.3, -0.25) is 0 Å². The summed E-state index contributed by atoms with van der Waals surface area (Å²) in [6.07, 6.45) is 6.67. The van der Waals surface area contributed by atoms with Gasteiger partial charge in [-0.1, -0.05) is 12.8 Å². The van der Waals surface area contributed by atoms with E-state index in [1.165, 1.54) is 25.7 Å². The smallest absolute Gasteiger partial charge is 0.140 e. The molecule has 80 valence electrons. The van der Waals surface area contributed by atoms with E-state index in [1.807, 2.05) is 0 Å². The van der Waals surface area contributed by atoms with Crippen molar-refractivity contribution in [3.05, 3.63) is 11.8 Å². The van der Waals surface area contributed by atoms with Crippen molar-refractivity contribution >= 4 is 5.82 Å². The van der Waals surface area contributed by atoms with E-state index in [4.69, 9.17) is 11.0 Å². The van der Waals surface area contributed by atoms with Gasteiger partial charge in [-0.25, -0.2) is 4.68 Å². The van der Waals surface area contributed by atoms with Gasteiger partial charge in [0, 0.05) is 0 Å². The molecule has 1 atom stereocenters. The first-order chi connectivity index (χ1) is 7.24. The van der Waals surface area contributed by atoms with Crippen molar-refractivity contribution in [2.75, 3.05) is 5.73 Å². The SMILES string of the molecule is CC(C1CCCC1)n1ncc(C#N)c1N. The van der Waals surface area contributed by atoms with Crippen molar-refractivity contribution in [1.82, 2.24) is 9.78 Å². The zero-order valence-corrected chi connectivity index (χ0v) is 8.98. The van der Waals surface area contributed by atoms with Crippen molar-refractivity contribution in [3.8, 4) is 6.07 Å². The number of nitriles is 1. The second kappa shape index (κ2) is 3.93. The summed E-state index contributed by atoms with van der Waals surface area (Å²) < 4.78 is 1.80. The molecule has 1 aliphatic rings. The fourth-order valence-corrected chi connectivity index (χ4v) is 2.42. The molecule has 0 radical (unpaired) electrons. The van der Waals surface area contributed by atoms with Crippen LogP contribution in [-0.2, 0) is 0 Å². The van der Waals surface area contributed by atoms with Crippen LogP contribution in [-0.4, -0.2) is 9.78 Å². The summed E-state index contributed by atoms with van der Waals surface area (Å²) >= 11 is 0. The Morgan fingerprint density at radius 3 is 2.80 bits per heavy atom. The maximum Gasteiger partial charge on any atom is 0.140 e. The molecule has 1 saturated carbocycles. The molecule has 0 aliphatic heterocycles. The zero-order valence-electron chi connectivity index (χ0n) is 8.98. The van der Waals surface area contributed by atoms with E-state index in [1.54, 1.807) is 10.9 Å². The number of nitrogens with two attached hydrogens (primary N) is 1. The molecule has 0 amide bonds. The highest BCUT2D eigenvalue weighted by atomic mass is 15.3. The first-order valence-electron chi connectivity index (χ1n) is 5.47. The molecule has 1 aromatic rings. The molecule has 0 saturated heterocycles. The summed E-state index contributed by atoms with van der Waals surface area (Å²) in [5, 5.41) is 13.0. The van der Waals surface area contributed by atoms with Crippen LogP contribution in [0.4, 0.5) is 5.82 Å². The number of aromatic nitrogens is 2. The summed E-state index contributed by atoms with van der Waals surface area (Å²) in [4.78, 5) is 0. The summed E-state index contributed by atoms with van der Waals surface area (Å²) in [6.45, 7) is 2.14. The molecule has 0 spiro atoms. The average Bonchev–Trinajstić information content (AvgIpc) is 2.85. The summed E-state index contributed by atoms with van der Waals surface area (Å²) in [5.41, 5.74) is 6.35. The molecular formula is C11H16N4. The lowest BCUT2D eigenvalue weighted by Gasteiger charge is -2.20. The molecule has 2 rings (SSSR count). The summed E-state index contributed by atoms with van der Waals surface area (Å²) in [7, 11) is 0. The Kier molecular flexibility index (Phi) is 2.63. The van der Waals surface area contributed by atoms with Gasteiger partial charge >= 0.3 is 0 Å². The predicted octanol–water partition coefficient (Wildman–Crippen LogP) is 2.09. The van der Waals surface area contributed by atoms with Gasteiger partial charge in [0.2, 0.25) is 0 Å². The van der Waals surface area contributed by atoms with Crippen molar-refractivity contribution in [3.63, 3.8) is 0 Å². The average molecular weight is 204 g/mol. The highest BCUT2D eigenvalue weighted by molar-refractivity contribution is 5.47. The van der Waals surface area contributed by atoms with Gasteiger partial charge in [0.25, 0.3) is 0 Å². The minimum atomic E-state index is 0.314. The molecule has 1 unspecified atom stereocenters. The van der Waals surface area contributed by atoms with E-state index >= 15 is 0 Å². The third-order valence-electron chi connectivity index (χ3n) is 3.42. The molecule has 1 aliphatic carbocycles. The van der Waals surface area contributed by atoms with Crippen LogP contribution in [0.25, 0.3) is 0 Å². The Labute approximate surface area is 89.7 Å². The van der Waals surface area contributed by atoms with E-state index in [2.05, 4.69) is 18.1 Å². The molecule has 1 fully saturated rings. The quantitative estimate of drug-likeness (QED) is 0.802. The Bertz CT molecular complexity index is 382. The third kappa shape index (κ3) is 1.70. The maximum absolute atomic E-state index is 8.80. The van der Waals surface area contributed by atoms with Crippen LogP contribution < -0.4 is 5.73 Å². The first-order valence-corrected chi connectivity index (χ1v) is 5.47. The van der Waals surface area contributed by atoms with Gasteiger partial charge in [-0.2, -0.15) is 10.4 Å². The molecule has 0 bridgehead atoms. The van der Waals surface area contributed by atoms with Crippen LogP contribution in [0.15, 0.2) is 6.20 Å². The van der Waals surface area contributed by atoms with E-state index in [0.717, 1.165) is 0 Å². The number of rotatable bonds is 2. The second-order valence-electron chi connectivity index (χ2n) is 4.28. The van der Waals surface area contributed by atoms with Gasteiger partial charge < -0.3 is 5.73 Å². The largest absolute Gasteiger partial charge is 0.383 e. The van der Waals surface area contributed by atoms with Crippen LogP contribution >= 0.6 is 0 Å². The fraction of sp³-hybridized carbons (Fsp3) is 0.636. The van der Waals surface area contributed by atoms with E-state index in [0.29, 0.717) is 23.3 Å². The van der Waals surface area contributed by atoms with Gasteiger partial charge in [0.15, 0.2) is 0 Å². The fourth-order valence-electron chi connectivity index (χ4n) is 2.42. The van der Waals surface area contributed by atoms with Crippen molar-refractivity contribution in [2.45, 2.75) is 38.6 Å². The molecule has 0 aromatic carbocycles. The normalized spacial score (nSPS) is 18.9. The lowest BCUT2D eigenvalue weighted by atomic mass is 10.00. The minimum absolute atomic E-state index is 0.314. The Morgan fingerprint density at radius 1 is 1.60 bits per heavy atom. The highest BCUT2D eigenvalue weighted by Gasteiger charge is 2.25. The lowest BCUT2D eigenvalue weighted by molar-refractivity contribution is 0.339. The Hall–Kier alpha value is -1.50. The molecule has 2 N–H and O–H groups in total. The number of nitrogen functional groups attached to an aromatic ring is 1. The van der Waals surface area contributed by atoms with Crippen LogP contribution in [0, 0.1) is 17.2 Å². The summed E-state index contributed by atoms with van der Waals surface area (Å²) in [6, 6.07) is 2.37. The van der Waals surface area contributed by atoms with Gasteiger partial charge in [0.1, 0.15) is 17.5 Å². The number of hydrogen-bond acceptors (Lipinski definition) is 3. The standard InChI is InChI=1S/C11H16N4/c1-8(9-4-2-3-5-9)15-11(13)10(6-12)7-14-15/h7-9H,2-5,13H2,1H3. The minimum Gasteiger partial charge on any atom is -0.383 e. The maximum atomic E-state index is 8.80. The molecular weight excluding hydrogens is 188 g/mol. The van der Waals surface area contributed by atoms with Crippen molar-refractivity contribution in [2.24, 2.45) is 5.92 Å². The zero-order chi connectivity index (χ0) is 10.8. The monoisotopic (exact) mass is 204 g/mol. The molecule has 1 aromatic heterocycles. The Balaban J connectivity index is 2.21. The van der Waals surface area contributed by atoms with Crippen LogP contribution in [0.5, 0.6) is 0 Å². The number of anilines is 1. The molecule has 1 heterocycles. The van der Waals surface area contributed by atoms with Crippen LogP contribution in [0.3, 0.4) is 0 Å². The van der Waals surface area contributed by atoms with Gasteiger partial charge in [-0.05, 0) is 25.7 Å². The number of nitrogens with zero attached hydrogens (tertiary/aromatic N) is 3. The van der Waals surface area contributed by atoms with Crippen molar-refractivity contribution in [1.29, 1.82) is 5.26 Å². The second-order valence-corrected chi connectivity index (χ2v) is 4.28. The predicted molar refractivity (Wildman–Crippen MR) is 58.0 cm³/mol. The summed E-state index contributed by atoms with van der Waals surface area (Å²) in [5.74, 6) is 1.18. The topological polar surface area (TPSA) is 67.6 Å². The van der Waals surface area contributed by atoms with E-state index < -0.39 is 0 Å². The van der Waals surface area contributed by atoms with Crippen LogP contribution in [0.2, 0.25) is 0 Å². The Morgan fingerprint density at radius 2 is 2.27 bits per heavy atom. The molecule has 4 nitrogen and oxygen atoms in total. The first kappa shape index (κ1) is 10.0. The molecule has 4 heteroatoms. The van der Waals surface area contributed by atoms with Crippen molar-refractivity contribution < 1.29 is 0 Å². The molecule has 15 heavy (non-hydrogen) atoms. The van der Waals surface area contributed by atoms with Gasteiger partial charge in [-0.15, -0.1) is 0 Å².